The number of carbonyl (C=O) groups excluding carboxylic acids is 1. The maximum Gasteiger partial charge on any atom is 0.230 e. The van der Waals surface area contributed by atoms with Gasteiger partial charge in [0.2, 0.25) is 5.91 Å². The number of halogens is 1. The maximum atomic E-state index is 11.9. The van der Waals surface area contributed by atoms with Gasteiger partial charge in [-0.25, -0.2) is 4.98 Å². The molecule has 1 heterocycles. The summed E-state index contributed by atoms with van der Waals surface area (Å²) in [4.78, 5) is 16.0. The van der Waals surface area contributed by atoms with Crippen LogP contribution in [0.3, 0.4) is 0 Å². The Morgan fingerprint density at radius 1 is 1.37 bits per heavy atom. The second-order valence-electron chi connectivity index (χ2n) is 3.90. The molecule has 0 aliphatic heterocycles. The molecule has 0 saturated carbocycles. The van der Waals surface area contributed by atoms with Gasteiger partial charge in [0.25, 0.3) is 0 Å². The van der Waals surface area contributed by atoms with Gasteiger partial charge in [0, 0.05) is 16.2 Å². The maximum absolute atomic E-state index is 11.9. The minimum absolute atomic E-state index is 0.126. The van der Waals surface area contributed by atoms with Crippen LogP contribution in [0.4, 0.5) is 5.82 Å². The fourth-order valence-corrected chi connectivity index (χ4v) is 2.00. The van der Waals surface area contributed by atoms with Crippen molar-refractivity contribution in [3.63, 3.8) is 0 Å². The van der Waals surface area contributed by atoms with Gasteiger partial charge in [-0.3, -0.25) is 4.79 Å². The number of ether oxygens (including phenoxy) is 1. The molecule has 2 rings (SSSR count). The normalized spacial score (nSPS) is 10.0. The van der Waals surface area contributed by atoms with Crippen LogP contribution in [-0.4, -0.2) is 18.0 Å². The van der Waals surface area contributed by atoms with Gasteiger partial charge in [0.05, 0.1) is 13.5 Å². The van der Waals surface area contributed by atoms with Crippen molar-refractivity contribution < 1.29 is 9.53 Å². The van der Waals surface area contributed by atoms with E-state index in [9.17, 15) is 4.79 Å². The van der Waals surface area contributed by atoms with Crippen molar-refractivity contribution in [2.24, 2.45) is 0 Å². The molecule has 19 heavy (non-hydrogen) atoms. The highest BCUT2D eigenvalue weighted by Gasteiger charge is 2.09. The molecule has 0 radical (unpaired) electrons. The molecule has 0 saturated heterocycles. The van der Waals surface area contributed by atoms with Gasteiger partial charge in [-0.2, -0.15) is 0 Å². The third-order valence-electron chi connectivity index (χ3n) is 2.53. The van der Waals surface area contributed by atoms with E-state index in [1.807, 2.05) is 24.3 Å². The van der Waals surface area contributed by atoms with Crippen LogP contribution in [0.2, 0.25) is 0 Å². The molecule has 1 N–H and O–H groups in total. The van der Waals surface area contributed by atoms with Gasteiger partial charge in [-0.05, 0) is 24.3 Å². The van der Waals surface area contributed by atoms with Crippen molar-refractivity contribution in [3.8, 4) is 5.75 Å². The van der Waals surface area contributed by atoms with Crippen LogP contribution in [0, 0.1) is 0 Å². The molecular weight excluding hydrogens is 308 g/mol. The number of benzene rings is 1. The number of amides is 1. The molecule has 0 spiro atoms. The van der Waals surface area contributed by atoms with Gasteiger partial charge in [-0.15, -0.1) is 0 Å². The van der Waals surface area contributed by atoms with Crippen LogP contribution in [-0.2, 0) is 11.2 Å². The number of carbonyl (C=O) groups is 1. The Labute approximate surface area is 119 Å². The Kier molecular flexibility index (Phi) is 4.52. The lowest BCUT2D eigenvalue weighted by Gasteiger charge is -2.09. The first-order chi connectivity index (χ1) is 9.19. The largest absolute Gasteiger partial charge is 0.496 e. The molecule has 0 bridgehead atoms. The average molecular weight is 321 g/mol. The first-order valence-electron chi connectivity index (χ1n) is 5.72. The molecule has 2 aromatic rings. The van der Waals surface area contributed by atoms with E-state index < -0.39 is 0 Å². The molecule has 0 fully saturated rings. The summed E-state index contributed by atoms with van der Waals surface area (Å²) in [5.74, 6) is 1.11. The van der Waals surface area contributed by atoms with Gasteiger partial charge in [0.1, 0.15) is 11.6 Å². The van der Waals surface area contributed by atoms with Crippen molar-refractivity contribution >= 4 is 27.7 Å². The fourth-order valence-electron chi connectivity index (χ4n) is 1.66. The molecule has 1 aromatic carbocycles. The highest BCUT2D eigenvalue weighted by molar-refractivity contribution is 9.10. The fraction of sp³-hybridized carbons (Fsp3) is 0.143. The first-order valence-corrected chi connectivity index (χ1v) is 6.51. The summed E-state index contributed by atoms with van der Waals surface area (Å²) in [6.07, 6.45) is 1.88. The molecule has 5 heteroatoms. The number of hydrogen-bond donors (Lipinski definition) is 1. The zero-order valence-electron chi connectivity index (χ0n) is 10.4. The van der Waals surface area contributed by atoms with Gasteiger partial charge >= 0.3 is 0 Å². The van der Waals surface area contributed by atoms with Crippen molar-refractivity contribution in [1.29, 1.82) is 0 Å². The molecule has 1 amide bonds. The van der Waals surface area contributed by atoms with E-state index in [0.717, 1.165) is 10.0 Å². The lowest BCUT2D eigenvalue weighted by molar-refractivity contribution is -0.115. The Hall–Kier alpha value is -1.88. The lowest BCUT2D eigenvalue weighted by atomic mass is 10.1. The van der Waals surface area contributed by atoms with Crippen molar-refractivity contribution in [1.82, 2.24) is 4.98 Å². The molecule has 98 valence electrons. The molecule has 0 aliphatic carbocycles. The minimum atomic E-state index is -0.126. The number of hydrogen-bond acceptors (Lipinski definition) is 3. The van der Waals surface area contributed by atoms with Crippen LogP contribution in [0.5, 0.6) is 5.75 Å². The number of methoxy groups -OCH3 is 1. The molecular formula is C14H13BrN2O2. The van der Waals surface area contributed by atoms with Crippen molar-refractivity contribution in [2.75, 3.05) is 12.4 Å². The summed E-state index contributed by atoms with van der Waals surface area (Å²) in [7, 11) is 1.59. The summed E-state index contributed by atoms with van der Waals surface area (Å²) in [5, 5.41) is 2.74. The zero-order valence-corrected chi connectivity index (χ0v) is 12.0. The Bertz CT molecular complexity index is 573. The molecule has 0 atom stereocenters. The highest BCUT2D eigenvalue weighted by atomic mass is 79.9. The highest BCUT2D eigenvalue weighted by Crippen LogP contribution is 2.24. The monoisotopic (exact) mass is 320 g/mol. The number of pyridine rings is 1. The summed E-state index contributed by atoms with van der Waals surface area (Å²) >= 11 is 3.37. The van der Waals surface area contributed by atoms with E-state index >= 15 is 0 Å². The molecule has 0 aliphatic rings. The Morgan fingerprint density at radius 2 is 2.21 bits per heavy atom. The Morgan fingerprint density at radius 3 is 2.89 bits per heavy atom. The number of nitrogens with zero attached hydrogens (tertiary/aromatic N) is 1. The van der Waals surface area contributed by atoms with Crippen LogP contribution in [0.1, 0.15) is 5.56 Å². The van der Waals surface area contributed by atoms with Gasteiger partial charge in [-0.1, -0.05) is 28.1 Å². The summed E-state index contributed by atoms with van der Waals surface area (Å²) in [6, 6.07) is 10.9. The van der Waals surface area contributed by atoms with E-state index in [2.05, 4.69) is 26.2 Å². The van der Waals surface area contributed by atoms with Crippen molar-refractivity contribution in [2.45, 2.75) is 6.42 Å². The third-order valence-corrected chi connectivity index (χ3v) is 3.03. The standard InChI is InChI=1S/C14H13BrN2O2/c1-19-12-9-11(15)6-5-10(12)8-14(18)17-13-4-2-3-7-16-13/h2-7,9H,8H2,1H3,(H,16,17,18). The van der Waals surface area contributed by atoms with Crippen molar-refractivity contribution in [3.05, 3.63) is 52.6 Å². The third kappa shape index (κ3) is 3.79. The van der Waals surface area contributed by atoms with E-state index in [-0.39, 0.29) is 12.3 Å². The number of nitrogens with one attached hydrogen (secondary N) is 1. The number of anilines is 1. The first kappa shape index (κ1) is 13.5. The van der Waals surface area contributed by atoms with Crippen LogP contribution in [0.25, 0.3) is 0 Å². The van der Waals surface area contributed by atoms with Gasteiger partial charge < -0.3 is 10.1 Å². The summed E-state index contributed by atoms with van der Waals surface area (Å²) in [5.41, 5.74) is 0.833. The van der Waals surface area contributed by atoms with E-state index in [4.69, 9.17) is 4.74 Å². The molecule has 1 aromatic heterocycles. The minimum Gasteiger partial charge on any atom is -0.496 e. The second kappa shape index (κ2) is 6.33. The van der Waals surface area contributed by atoms with E-state index in [0.29, 0.717) is 11.6 Å². The van der Waals surface area contributed by atoms with Crippen LogP contribution >= 0.6 is 15.9 Å². The van der Waals surface area contributed by atoms with E-state index in [1.165, 1.54) is 0 Å². The lowest BCUT2D eigenvalue weighted by Crippen LogP contribution is -2.15. The number of aromatic nitrogens is 1. The zero-order chi connectivity index (χ0) is 13.7. The SMILES string of the molecule is COc1cc(Br)ccc1CC(=O)Nc1ccccn1. The Balaban J connectivity index is 2.07. The second-order valence-corrected chi connectivity index (χ2v) is 4.81. The smallest absolute Gasteiger partial charge is 0.230 e. The molecule has 0 unspecified atom stereocenters. The summed E-state index contributed by atoms with van der Waals surface area (Å²) in [6.45, 7) is 0. The predicted octanol–water partition coefficient (Wildman–Crippen LogP) is 3.03. The topological polar surface area (TPSA) is 51.2 Å². The average Bonchev–Trinajstić information content (AvgIpc) is 2.42. The van der Waals surface area contributed by atoms with Crippen LogP contribution in [0.15, 0.2) is 47.1 Å². The quantitative estimate of drug-likeness (QED) is 0.942. The van der Waals surface area contributed by atoms with Gasteiger partial charge in [0.15, 0.2) is 0 Å². The van der Waals surface area contributed by atoms with E-state index in [1.54, 1.807) is 25.4 Å². The predicted molar refractivity (Wildman–Crippen MR) is 77.3 cm³/mol. The van der Waals surface area contributed by atoms with Crippen LogP contribution < -0.4 is 10.1 Å². The molecule has 4 nitrogen and oxygen atoms in total. The number of rotatable bonds is 4. The summed E-state index contributed by atoms with van der Waals surface area (Å²) < 4.78 is 6.17.